The number of benzene rings is 1. The summed E-state index contributed by atoms with van der Waals surface area (Å²) in [5.41, 5.74) is 3.73. The standard InChI is InChI=1S/C15H18N2O2/c18-9-8-17(11-13-7-10-19-16-13)15-6-5-12-3-1-2-4-14(12)15/h1-4,7,10,15,18H,5-6,8-9,11H2. The number of rotatable bonds is 5. The van der Waals surface area contributed by atoms with Crippen molar-refractivity contribution in [2.75, 3.05) is 13.2 Å². The molecule has 0 saturated carbocycles. The molecule has 100 valence electrons. The van der Waals surface area contributed by atoms with Crippen LogP contribution in [0, 0.1) is 0 Å². The van der Waals surface area contributed by atoms with Gasteiger partial charge in [-0.25, -0.2) is 0 Å². The summed E-state index contributed by atoms with van der Waals surface area (Å²) in [6.45, 7) is 1.54. The van der Waals surface area contributed by atoms with Gasteiger partial charge in [0.25, 0.3) is 0 Å². The van der Waals surface area contributed by atoms with E-state index in [9.17, 15) is 5.11 Å². The van der Waals surface area contributed by atoms with Crippen molar-refractivity contribution >= 4 is 0 Å². The Bertz CT molecular complexity index is 525. The van der Waals surface area contributed by atoms with Gasteiger partial charge in [-0.1, -0.05) is 29.4 Å². The summed E-state index contributed by atoms with van der Waals surface area (Å²) in [7, 11) is 0. The second kappa shape index (κ2) is 5.55. The maximum Gasteiger partial charge on any atom is 0.124 e. The predicted octanol–water partition coefficient (Wildman–Crippen LogP) is 2.16. The molecule has 0 amide bonds. The summed E-state index contributed by atoms with van der Waals surface area (Å²) in [6, 6.07) is 10.8. The van der Waals surface area contributed by atoms with Crippen molar-refractivity contribution in [3.05, 3.63) is 53.4 Å². The lowest BCUT2D eigenvalue weighted by Gasteiger charge is -2.28. The highest BCUT2D eigenvalue weighted by molar-refractivity contribution is 5.34. The maximum atomic E-state index is 9.29. The van der Waals surface area contributed by atoms with Crippen molar-refractivity contribution in [3.8, 4) is 0 Å². The van der Waals surface area contributed by atoms with E-state index < -0.39 is 0 Å². The fourth-order valence-electron chi connectivity index (χ4n) is 2.91. The lowest BCUT2D eigenvalue weighted by molar-refractivity contribution is 0.140. The smallest absolute Gasteiger partial charge is 0.124 e. The molecule has 1 aromatic heterocycles. The first kappa shape index (κ1) is 12.4. The van der Waals surface area contributed by atoms with Crippen LogP contribution in [-0.2, 0) is 13.0 Å². The molecule has 1 N–H and O–H groups in total. The number of aliphatic hydroxyl groups is 1. The third-order valence-electron chi connectivity index (χ3n) is 3.79. The Morgan fingerprint density at radius 1 is 1.32 bits per heavy atom. The topological polar surface area (TPSA) is 49.5 Å². The van der Waals surface area contributed by atoms with Gasteiger partial charge in [0.1, 0.15) is 6.26 Å². The van der Waals surface area contributed by atoms with Gasteiger partial charge in [0, 0.05) is 25.2 Å². The van der Waals surface area contributed by atoms with Crippen LogP contribution in [0.1, 0.15) is 29.3 Å². The maximum absolute atomic E-state index is 9.29. The first-order valence-electron chi connectivity index (χ1n) is 6.70. The highest BCUT2D eigenvalue weighted by atomic mass is 16.5. The largest absolute Gasteiger partial charge is 0.395 e. The molecule has 4 heteroatoms. The molecule has 1 unspecified atom stereocenters. The van der Waals surface area contributed by atoms with Crippen molar-refractivity contribution in [1.82, 2.24) is 10.1 Å². The molecular formula is C15H18N2O2. The monoisotopic (exact) mass is 258 g/mol. The summed E-state index contributed by atoms with van der Waals surface area (Å²) in [6.07, 6.45) is 3.81. The average molecular weight is 258 g/mol. The lowest BCUT2D eigenvalue weighted by atomic mass is 10.1. The Labute approximate surface area is 112 Å². The van der Waals surface area contributed by atoms with Gasteiger partial charge in [-0.15, -0.1) is 0 Å². The van der Waals surface area contributed by atoms with E-state index in [2.05, 4.69) is 34.3 Å². The zero-order valence-electron chi connectivity index (χ0n) is 10.8. The molecule has 1 heterocycles. The van der Waals surface area contributed by atoms with Crippen LogP contribution < -0.4 is 0 Å². The number of nitrogens with zero attached hydrogens (tertiary/aromatic N) is 2. The fraction of sp³-hybridized carbons (Fsp3) is 0.400. The Morgan fingerprint density at radius 3 is 3.00 bits per heavy atom. The van der Waals surface area contributed by atoms with E-state index in [0.717, 1.165) is 25.1 Å². The zero-order chi connectivity index (χ0) is 13.1. The van der Waals surface area contributed by atoms with E-state index in [1.54, 1.807) is 6.26 Å². The van der Waals surface area contributed by atoms with E-state index >= 15 is 0 Å². The van der Waals surface area contributed by atoms with Crippen LogP contribution in [0.5, 0.6) is 0 Å². The molecule has 0 saturated heterocycles. The quantitative estimate of drug-likeness (QED) is 0.893. The molecule has 0 radical (unpaired) electrons. The molecule has 3 rings (SSSR count). The number of aliphatic hydroxyl groups excluding tert-OH is 1. The summed E-state index contributed by atoms with van der Waals surface area (Å²) < 4.78 is 4.89. The van der Waals surface area contributed by atoms with Crippen LogP contribution in [0.4, 0.5) is 0 Å². The van der Waals surface area contributed by atoms with Crippen LogP contribution in [0.25, 0.3) is 0 Å². The van der Waals surface area contributed by atoms with E-state index in [4.69, 9.17) is 4.52 Å². The average Bonchev–Trinajstić information content (AvgIpc) is 3.07. The third-order valence-corrected chi connectivity index (χ3v) is 3.79. The van der Waals surface area contributed by atoms with Crippen LogP contribution in [-0.4, -0.2) is 28.3 Å². The van der Waals surface area contributed by atoms with Gasteiger partial charge in [0.2, 0.25) is 0 Å². The first-order chi connectivity index (χ1) is 9.38. The zero-order valence-corrected chi connectivity index (χ0v) is 10.8. The van der Waals surface area contributed by atoms with Crippen molar-refractivity contribution in [3.63, 3.8) is 0 Å². The molecule has 1 aliphatic carbocycles. The second-order valence-electron chi connectivity index (χ2n) is 4.94. The summed E-state index contributed by atoms with van der Waals surface area (Å²) >= 11 is 0. The molecule has 2 aromatic rings. The van der Waals surface area contributed by atoms with Gasteiger partial charge >= 0.3 is 0 Å². The summed E-state index contributed by atoms with van der Waals surface area (Å²) in [4.78, 5) is 2.28. The third kappa shape index (κ3) is 2.55. The second-order valence-corrected chi connectivity index (χ2v) is 4.94. The van der Waals surface area contributed by atoms with Crippen molar-refractivity contribution in [1.29, 1.82) is 0 Å². The summed E-state index contributed by atoms with van der Waals surface area (Å²) in [5.74, 6) is 0. The van der Waals surface area contributed by atoms with Crippen LogP contribution in [0.15, 0.2) is 41.1 Å². The molecule has 4 nitrogen and oxygen atoms in total. The number of hydrogen-bond donors (Lipinski definition) is 1. The van der Waals surface area contributed by atoms with Crippen molar-refractivity contribution < 1.29 is 9.63 Å². The lowest BCUT2D eigenvalue weighted by Crippen LogP contribution is -2.30. The minimum Gasteiger partial charge on any atom is -0.395 e. The SMILES string of the molecule is OCCN(Cc1ccon1)C1CCc2ccccc21. The number of hydrogen-bond acceptors (Lipinski definition) is 4. The molecule has 0 aliphatic heterocycles. The van der Waals surface area contributed by atoms with Gasteiger partial charge in [0.05, 0.1) is 12.3 Å². The van der Waals surface area contributed by atoms with Crippen molar-refractivity contribution in [2.24, 2.45) is 0 Å². The highest BCUT2D eigenvalue weighted by Gasteiger charge is 2.27. The van der Waals surface area contributed by atoms with E-state index in [-0.39, 0.29) is 6.61 Å². The highest BCUT2D eigenvalue weighted by Crippen LogP contribution is 2.36. The van der Waals surface area contributed by atoms with E-state index in [0.29, 0.717) is 12.6 Å². The Hall–Kier alpha value is -1.65. The van der Waals surface area contributed by atoms with Gasteiger partial charge < -0.3 is 9.63 Å². The minimum atomic E-state index is 0.163. The molecule has 19 heavy (non-hydrogen) atoms. The summed E-state index contributed by atoms with van der Waals surface area (Å²) in [5, 5.41) is 13.3. The normalized spacial score (nSPS) is 17.9. The predicted molar refractivity (Wildman–Crippen MR) is 71.5 cm³/mol. The minimum absolute atomic E-state index is 0.163. The van der Waals surface area contributed by atoms with Gasteiger partial charge in [-0.2, -0.15) is 0 Å². The van der Waals surface area contributed by atoms with E-state index in [1.807, 2.05) is 6.07 Å². The number of fused-ring (bicyclic) bond motifs is 1. The Balaban J connectivity index is 1.81. The fourth-order valence-corrected chi connectivity index (χ4v) is 2.91. The van der Waals surface area contributed by atoms with Gasteiger partial charge in [-0.05, 0) is 24.0 Å². The molecule has 0 spiro atoms. The van der Waals surface area contributed by atoms with Crippen LogP contribution >= 0.6 is 0 Å². The molecule has 0 bridgehead atoms. The molecule has 1 atom stereocenters. The molecule has 1 aliphatic rings. The van der Waals surface area contributed by atoms with Crippen LogP contribution in [0.3, 0.4) is 0 Å². The first-order valence-corrected chi connectivity index (χ1v) is 6.70. The molecule has 0 fully saturated rings. The number of aryl methyl sites for hydroxylation is 1. The van der Waals surface area contributed by atoms with E-state index in [1.165, 1.54) is 11.1 Å². The van der Waals surface area contributed by atoms with Gasteiger partial charge in [0.15, 0.2) is 0 Å². The van der Waals surface area contributed by atoms with Gasteiger partial charge in [-0.3, -0.25) is 4.90 Å². The van der Waals surface area contributed by atoms with Crippen LogP contribution in [0.2, 0.25) is 0 Å². The number of aromatic nitrogens is 1. The molecular weight excluding hydrogens is 240 g/mol. The Kier molecular flexibility index (Phi) is 3.62. The molecule has 1 aromatic carbocycles. The van der Waals surface area contributed by atoms with Crippen molar-refractivity contribution in [2.45, 2.75) is 25.4 Å². The Morgan fingerprint density at radius 2 is 2.21 bits per heavy atom.